The van der Waals surface area contributed by atoms with E-state index in [9.17, 15) is 4.21 Å². The molecule has 1 rings (SSSR count). The lowest BCUT2D eigenvalue weighted by molar-refractivity contribution is 0.0118. The molecule has 7 nitrogen and oxygen atoms in total. The molecular weight excluding hydrogens is 338 g/mol. The maximum absolute atomic E-state index is 11.6. The van der Waals surface area contributed by atoms with E-state index in [1.807, 2.05) is 0 Å². The summed E-state index contributed by atoms with van der Waals surface area (Å²) in [6.45, 7) is 3.63. The Balaban J connectivity index is 2.08. The molecule has 2 N–H and O–H groups in total. The summed E-state index contributed by atoms with van der Waals surface area (Å²) in [4.78, 5) is 8.46. The minimum Gasteiger partial charge on any atom is -0.378 e. The lowest BCUT2D eigenvalue weighted by Crippen LogP contribution is -2.13. The Bertz CT molecular complexity index is 468. The first kappa shape index (κ1) is 20.5. The highest BCUT2D eigenvalue weighted by Crippen LogP contribution is 2.16. The van der Waals surface area contributed by atoms with Gasteiger partial charge in [-0.15, -0.1) is 0 Å². The van der Waals surface area contributed by atoms with Crippen molar-refractivity contribution < 1.29 is 18.4 Å². The van der Waals surface area contributed by atoms with E-state index in [-0.39, 0.29) is 0 Å². The average Bonchev–Trinajstić information content (AvgIpc) is 2.52. The van der Waals surface area contributed by atoms with Crippen LogP contribution in [0.15, 0.2) is 17.6 Å². The van der Waals surface area contributed by atoms with Crippen molar-refractivity contribution in [2.75, 3.05) is 57.2 Å². The van der Waals surface area contributed by atoms with Crippen molar-refractivity contribution in [3.63, 3.8) is 0 Å². The Morgan fingerprint density at radius 3 is 2.17 bits per heavy atom. The highest BCUT2D eigenvalue weighted by molar-refractivity contribution is 8.16. The van der Waals surface area contributed by atoms with Crippen LogP contribution in [0.3, 0.4) is 0 Å². The predicted molar refractivity (Wildman–Crippen MR) is 94.5 cm³/mol. The quantitative estimate of drug-likeness (QED) is 0.223. The first-order valence-electron chi connectivity index (χ1n) is 7.42. The van der Waals surface area contributed by atoms with Gasteiger partial charge in [0.2, 0.25) is 0 Å². The van der Waals surface area contributed by atoms with Gasteiger partial charge in [0.1, 0.15) is 0 Å². The molecule has 0 aliphatic heterocycles. The molecule has 0 bridgehead atoms. The van der Waals surface area contributed by atoms with Gasteiger partial charge in [0, 0.05) is 24.5 Å². The monoisotopic (exact) mass is 365 g/mol. The number of nitrogens with two attached hydrogens (primary N) is 1. The minimum atomic E-state index is -2.05. The SMILES string of the molecule is C[SH](C)(=O)CSc1ncc(COCCOCCOCCN)cn1. The van der Waals surface area contributed by atoms with Crippen LogP contribution in [0.1, 0.15) is 5.56 Å². The summed E-state index contributed by atoms with van der Waals surface area (Å²) < 4.78 is 27.7. The van der Waals surface area contributed by atoms with Crippen molar-refractivity contribution in [1.82, 2.24) is 9.97 Å². The van der Waals surface area contributed by atoms with Crippen LogP contribution >= 0.6 is 11.8 Å². The normalized spacial score (nSPS) is 12.5. The van der Waals surface area contributed by atoms with E-state index in [0.717, 1.165) is 5.56 Å². The van der Waals surface area contributed by atoms with Gasteiger partial charge < -0.3 is 19.9 Å². The molecule has 0 aliphatic carbocycles. The molecule has 0 fully saturated rings. The molecule has 0 aromatic carbocycles. The van der Waals surface area contributed by atoms with Gasteiger partial charge in [-0.3, -0.25) is 4.21 Å². The fourth-order valence-corrected chi connectivity index (χ4v) is 3.38. The molecule has 0 unspecified atom stereocenters. The van der Waals surface area contributed by atoms with Gasteiger partial charge in [-0.25, -0.2) is 9.97 Å². The molecule has 0 saturated heterocycles. The zero-order valence-electron chi connectivity index (χ0n) is 13.8. The first-order chi connectivity index (χ1) is 11.0. The molecule has 1 heterocycles. The molecule has 1 aromatic heterocycles. The van der Waals surface area contributed by atoms with Crippen LogP contribution in [0.25, 0.3) is 0 Å². The molecular formula is C14H27N3O4S2. The first-order valence-corrected chi connectivity index (χ1v) is 11.2. The van der Waals surface area contributed by atoms with Gasteiger partial charge in [-0.2, -0.15) is 0 Å². The van der Waals surface area contributed by atoms with E-state index < -0.39 is 9.93 Å². The van der Waals surface area contributed by atoms with Crippen molar-refractivity contribution in [2.45, 2.75) is 11.8 Å². The van der Waals surface area contributed by atoms with Crippen molar-refractivity contribution in [3.8, 4) is 0 Å². The molecule has 0 atom stereocenters. The molecule has 23 heavy (non-hydrogen) atoms. The summed E-state index contributed by atoms with van der Waals surface area (Å²) in [5.41, 5.74) is 6.20. The number of hydrogen-bond acceptors (Lipinski definition) is 8. The van der Waals surface area contributed by atoms with Gasteiger partial charge in [-0.05, 0) is 12.5 Å². The minimum absolute atomic E-state index is 0.442. The van der Waals surface area contributed by atoms with Crippen LogP contribution in [0.5, 0.6) is 0 Å². The molecule has 134 valence electrons. The summed E-state index contributed by atoms with van der Waals surface area (Å²) in [5.74, 6) is 0. The smallest absolute Gasteiger partial charge is 0.188 e. The Morgan fingerprint density at radius 2 is 1.61 bits per heavy atom. The van der Waals surface area contributed by atoms with Crippen molar-refractivity contribution in [2.24, 2.45) is 5.73 Å². The summed E-state index contributed by atoms with van der Waals surface area (Å²) in [6.07, 6.45) is 6.98. The van der Waals surface area contributed by atoms with E-state index in [4.69, 9.17) is 19.9 Å². The highest BCUT2D eigenvalue weighted by Gasteiger charge is 2.04. The van der Waals surface area contributed by atoms with Gasteiger partial charge in [0.15, 0.2) is 5.16 Å². The summed E-state index contributed by atoms with van der Waals surface area (Å²) >= 11 is 1.41. The fraction of sp³-hybridized carbons (Fsp3) is 0.714. The van der Waals surface area contributed by atoms with E-state index in [0.29, 0.717) is 56.4 Å². The largest absolute Gasteiger partial charge is 0.378 e. The van der Waals surface area contributed by atoms with Crippen LogP contribution in [0.4, 0.5) is 0 Å². The molecule has 0 spiro atoms. The number of nitrogens with zero attached hydrogens (tertiary/aromatic N) is 2. The Morgan fingerprint density at radius 1 is 1.04 bits per heavy atom. The van der Waals surface area contributed by atoms with Crippen molar-refractivity contribution in [3.05, 3.63) is 18.0 Å². The number of aromatic nitrogens is 2. The lowest BCUT2D eigenvalue weighted by Gasteiger charge is -2.10. The molecule has 0 amide bonds. The van der Waals surface area contributed by atoms with Gasteiger partial charge >= 0.3 is 0 Å². The summed E-state index contributed by atoms with van der Waals surface area (Å²) in [5, 5.41) is 1.19. The molecule has 0 saturated carbocycles. The third-order valence-electron chi connectivity index (χ3n) is 2.46. The summed E-state index contributed by atoms with van der Waals surface area (Å²) in [7, 11) is -2.05. The second kappa shape index (κ2) is 11.9. The second-order valence-electron chi connectivity index (χ2n) is 5.29. The highest BCUT2D eigenvalue weighted by atomic mass is 32.3. The Kier molecular flexibility index (Phi) is 10.6. The third-order valence-corrected chi connectivity index (χ3v) is 5.93. The van der Waals surface area contributed by atoms with Crippen LogP contribution in [-0.4, -0.2) is 71.4 Å². The van der Waals surface area contributed by atoms with Crippen molar-refractivity contribution >= 4 is 21.7 Å². The zero-order valence-corrected chi connectivity index (χ0v) is 15.5. The molecule has 9 heteroatoms. The zero-order chi connectivity index (χ0) is 17.0. The Hall–Kier alpha value is -0.580. The van der Waals surface area contributed by atoms with Crippen LogP contribution in [-0.2, 0) is 30.8 Å². The van der Waals surface area contributed by atoms with Gasteiger partial charge in [-0.1, -0.05) is 21.7 Å². The maximum Gasteiger partial charge on any atom is 0.188 e. The van der Waals surface area contributed by atoms with Crippen LogP contribution in [0.2, 0.25) is 0 Å². The van der Waals surface area contributed by atoms with Crippen LogP contribution in [0, 0.1) is 0 Å². The van der Waals surface area contributed by atoms with E-state index >= 15 is 0 Å². The van der Waals surface area contributed by atoms with E-state index in [1.54, 1.807) is 24.9 Å². The lowest BCUT2D eigenvalue weighted by atomic mass is 10.4. The third kappa shape index (κ3) is 11.6. The van der Waals surface area contributed by atoms with Crippen molar-refractivity contribution in [1.29, 1.82) is 0 Å². The standard InChI is InChI=1S/C14H27N3O4S2/c1-23(2,18)12-22-14-16-9-13(10-17-14)11-21-8-7-20-6-5-19-4-3-15/h9-10,23H,3-8,11-12,15H2,1-2H3. The molecule has 0 radical (unpaired) electrons. The predicted octanol–water partition coefficient (Wildman–Crippen LogP) is 0.311. The number of thiol groups is 1. The topological polar surface area (TPSA) is 96.6 Å². The van der Waals surface area contributed by atoms with E-state index in [1.165, 1.54) is 11.8 Å². The summed E-state index contributed by atoms with van der Waals surface area (Å²) in [6, 6.07) is 0. The van der Waals surface area contributed by atoms with Crippen LogP contribution < -0.4 is 5.73 Å². The average molecular weight is 366 g/mol. The molecule has 1 aromatic rings. The molecule has 0 aliphatic rings. The number of hydrogen-bond donors (Lipinski definition) is 2. The Labute approximate surface area is 143 Å². The number of ether oxygens (including phenoxy) is 3. The second-order valence-corrected chi connectivity index (χ2v) is 10.1. The maximum atomic E-state index is 11.6. The van der Waals surface area contributed by atoms with Gasteiger partial charge in [0.05, 0.1) is 44.7 Å². The van der Waals surface area contributed by atoms with E-state index in [2.05, 4.69) is 9.97 Å². The number of rotatable bonds is 13. The fourth-order valence-electron chi connectivity index (χ4n) is 1.42. The number of thioether (sulfide) groups is 1. The van der Waals surface area contributed by atoms with Gasteiger partial charge in [0.25, 0.3) is 0 Å².